The van der Waals surface area contributed by atoms with Crippen LogP contribution >= 0.6 is 46.2 Å². The average molecular weight is 549 g/mol. The maximum Gasteiger partial charge on any atom is 0.385 e. The molecule has 0 bridgehead atoms. The molecule has 35 heavy (non-hydrogen) atoms. The van der Waals surface area contributed by atoms with E-state index in [1.807, 2.05) is 50.7 Å². The number of benzene rings is 1. The van der Waals surface area contributed by atoms with Crippen LogP contribution in [0.2, 0.25) is 0 Å². The van der Waals surface area contributed by atoms with Gasteiger partial charge in [-0.1, -0.05) is 0 Å². The molecule has 184 valence electrons. The number of hydrogen-bond acceptors (Lipinski definition) is 9. The van der Waals surface area contributed by atoms with Crippen molar-refractivity contribution in [3.8, 4) is 5.75 Å². The summed E-state index contributed by atoms with van der Waals surface area (Å²) in [5.41, 5.74) is 1.03. The molecule has 0 radical (unpaired) electrons. The van der Waals surface area contributed by atoms with Gasteiger partial charge in [0.15, 0.2) is 0 Å². The quantitative estimate of drug-likeness (QED) is 0.466. The molecule has 2 aliphatic heterocycles. The molecule has 0 aliphatic carbocycles. The van der Waals surface area contributed by atoms with Gasteiger partial charge in [0.05, 0.1) is 23.9 Å². The number of nitrogens with zero attached hydrogens (tertiary/aromatic N) is 5. The molecule has 5 rings (SSSR count). The van der Waals surface area contributed by atoms with Gasteiger partial charge >= 0.3 is 5.13 Å². The van der Waals surface area contributed by atoms with E-state index in [9.17, 15) is 9.59 Å². The van der Waals surface area contributed by atoms with Crippen LogP contribution in [0.5, 0.6) is 5.75 Å². The summed E-state index contributed by atoms with van der Waals surface area (Å²) in [5, 5.41) is 2.42. The monoisotopic (exact) mass is 548 g/mol. The summed E-state index contributed by atoms with van der Waals surface area (Å²) >= 11 is 6.03. The number of aliphatic imine (C=N–C) groups is 1. The van der Waals surface area contributed by atoms with Gasteiger partial charge in [-0.3, -0.25) is 19.1 Å². The third-order valence-electron chi connectivity index (χ3n) is 5.99. The Balaban J connectivity index is 1.66. The predicted molar refractivity (Wildman–Crippen MR) is 147 cm³/mol. The first-order chi connectivity index (χ1) is 16.9. The van der Waals surface area contributed by atoms with E-state index < -0.39 is 0 Å². The maximum atomic E-state index is 13.5. The largest absolute Gasteiger partial charge is 0.497 e. The lowest BCUT2D eigenvalue weighted by molar-refractivity contribution is -0.627. The molecular formula is C23H26N5O3S4+. The van der Waals surface area contributed by atoms with Crippen molar-refractivity contribution < 1.29 is 14.1 Å². The van der Waals surface area contributed by atoms with Gasteiger partial charge in [0, 0.05) is 38.5 Å². The molecule has 2 saturated heterocycles. The Labute approximate surface area is 219 Å². The van der Waals surface area contributed by atoms with Gasteiger partial charge in [0.25, 0.3) is 16.6 Å². The molecule has 2 aliphatic rings. The van der Waals surface area contributed by atoms with E-state index in [0.29, 0.717) is 32.4 Å². The number of amides is 1. The van der Waals surface area contributed by atoms with E-state index in [4.69, 9.17) is 9.73 Å². The Morgan fingerprint density at radius 2 is 1.97 bits per heavy atom. The average Bonchev–Trinajstić information content (AvgIpc) is 3.58. The van der Waals surface area contributed by atoms with E-state index in [-0.39, 0.29) is 11.5 Å². The number of hydrogen-bond donors (Lipinski definition) is 0. The summed E-state index contributed by atoms with van der Waals surface area (Å²) in [6, 6.07) is 5.94. The molecule has 8 nitrogen and oxygen atoms in total. The van der Waals surface area contributed by atoms with Crippen molar-refractivity contribution in [1.29, 1.82) is 0 Å². The number of ether oxygens (including phenoxy) is 1. The highest BCUT2D eigenvalue weighted by Crippen LogP contribution is 2.35. The number of aromatic nitrogens is 2. The third kappa shape index (κ3) is 4.09. The molecule has 4 heterocycles. The maximum absolute atomic E-state index is 13.5. The van der Waals surface area contributed by atoms with Crippen molar-refractivity contribution in [2.24, 2.45) is 12.0 Å². The number of thioether (sulfide) groups is 2. The van der Waals surface area contributed by atoms with Gasteiger partial charge in [0.1, 0.15) is 25.4 Å². The fourth-order valence-corrected chi connectivity index (χ4v) is 8.97. The predicted octanol–water partition coefficient (Wildman–Crippen LogP) is 2.11. The van der Waals surface area contributed by atoms with Crippen molar-refractivity contribution in [3.63, 3.8) is 0 Å². The molecule has 0 spiro atoms. The first kappa shape index (κ1) is 24.4. The number of carbonyl (C=O) groups is 1. The second-order valence-corrected chi connectivity index (χ2v) is 12.1. The van der Waals surface area contributed by atoms with Crippen LogP contribution in [0.4, 0.5) is 5.13 Å². The number of rotatable bonds is 4. The van der Waals surface area contributed by atoms with Crippen LogP contribution in [0.15, 0.2) is 28.0 Å². The second kappa shape index (κ2) is 9.64. The Morgan fingerprint density at radius 3 is 2.63 bits per heavy atom. The summed E-state index contributed by atoms with van der Waals surface area (Å²) in [5.74, 6) is 1.66. The number of methoxy groups -OCH3 is 1. The molecule has 0 N–H and O–H groups in total. The van der Waals surface area contributed by atoms with Crippen molar-refractivity contribution in [2.45, 2.75) is 20.4 Å². The van der Waals surface area contributed by atoms with Crippen molar-refractivity contribution >= 4 is 82.6 Å². The molecule has 12 heteroatoms. The third-order valence-corrected chi connectivity index (χ3v) is 10.8. The van der Waals surface area contributed by atoms with Gasteiger partial charge in [-0.15, -0.1) is 23.1 Å². The first-order valence-corrected chi connectivity index (χ1v) is 14.7. The van der Waals surface area contributed by atoms with Crippen LogP contribution in [0.25, 0.3) is 20.2 Å². The lowest BCUT2D eigenvalue weighted by atomic mass is 10.3. The summed E-state index contributed by atoms with van der Waals surface area (Å²) in [4.78, 5) is 36.0. The van der Waals surface area contributed by atoms with Gasteiger partial charge in [-0.25, -0.2) is 4.57 Å². The fraction of sp³-hybridized carbons (Fsp3) is 0.391. The topological polar surface area (TPSA) is 71.0 Å². The summed E-state index contributed by atoms with van der Waals surface area (Å²) < 4.78 is 11.6. The number of fused-ring (bicyclic) bond motifs is 1. The van der Waals surface area contributed by atoms with Crippen LogP contribution in [0.1, 0.15) is 13.8 Å². The molecule has 0 unspecified atom stereocenters. The van der Waals surface area contributed by atoms with E-state index in [1.54, 1.807) is 39.7 Å². The van der Waals surface area contributed by atoms with Crippen molar-refractivity contribution in [1.82, 2.24) is 14.4 Å². The lowest BCUT2D eigenvalue weighted by Crippen LogP contribution is -2.34. The Hall–Kier alpha value is -2.28. The first-order valence-electron chi connectivity index (χ1n) is 11.2. The van der Waals surface area contributed by atoms with Crippen LogP contribution in [0, 0.1) is 0 Å². The highest BCUT2D eigenvalue weighted by atomic mass is 32.2. The smallest absolute Gasteiger partial charge is 0.385 e. The van der Waals surface area contributed by atoms with E-state index in [2.05, 4.69) is 4.90 Å². The Morgan fingerprint density at radius 1 is 1.17 bits per heavy atom. The Bertz CT molecular complexity index is 1550. The van der Waals surface area contributed by atoms with Crippen molar-refractivity contribution in [3.05, 3.63) is 37.7 Å². The fourth-order valence-electron chi connectivity index (χ4n) is 4.06. The van der Waals surface area contributed by atoms with Crippen molar-refractivity contribution in [2.75, 3.05) is 33.0 Å². The minimum absolute atomic E-state index is 0.0251. The zero-order valence-corrected chi connectivity index (χ0v) is 23.4. The Kier molecular flexibility index (Phi) is 6.73. The standard InChI is InChI=1S/C23H26N5O3S4/c1-6-27-18(29)16(20-25(3)10-11-32-20)34-21(27)17-19(30)28(7-2)23(35-17)24-22-26(4)14-9-8-13(31-5)12-15(14)33-22/h8-9,12H,6-7,10-11H2,1-5H3/q+1/b20-16+,21-17-. The molecule has 0 atom stereocenters. The van der Waals surface area contributed by atoms with Crippen LogP contribution in [0.3, 0.4) is 0 Å². The normalized spacial score (nSPS) is 20.7. The molecule has 0 saturated carbocycles. The minimum atomic E-state index is -0.103. The number of amidine groups is 1. The van der Waals surface area contributed by atoms with Crippen LogP contribution < -0.4 is 24.1 Å². The molecular weight excluding hydrogens is 523 g/mol. The number of aryl methyl sites for hydroxylation is 1. The van der Waals surface area contributed by atoms with E-state index >= 15 is 0 Å². The lowest BCUT2D eigenvalue weighted by Gasteiger charge is -2.08. The summed E-state index contributed by atoms with van der Waals surface area (Å²) in [7, 11) is 5.64. The zero-order valence-electron chi connectivity index (χ0n) is 20.2. The van der Waals surface area contributed by atoms with Gasteiger partial charge in [-0.2, -0.15) is 0 Å². The molecule has 1 amide bonds. The van der Waals surface area contributed by atoms with Gasteiger partial charge < -0.3 is 9.64 Å². The van der Waals surface area contributed by atoms with E-state index in [0.717, 1.165) is 38.4 Å². The summed E-state index contributed by atoms with van der Waals surface area (Å²) in [6.45, 7) is 5.82. The minimum Gasteiger partial charge on any atom is -0.497 e. The van der Waals surface area contributed by atoms with Crippen LogP contribution in [-0.2, 0) is 18.4 Å². The van der Waals surface area contributed by atoms with E-state index in [1.165, 1.54) is 23.1 Å². The SMILES string of the molecule is CCN1C(=O)/C(=c2/s/c(=C3/SCCN3C)c(=O)n2CC)S/C1=N/c1sc2cc(OC)ccc2[n+]1C. The molecule has 3 aromatic rings. The van der Waals surface area contributed by atoms with Gasteiger partial charge in [0.2, 0.25) is 0 Å². The molecule has 1 aromatic carbocycles. The highest BCUT2D eigenvalue weighted by molar-refractivity contribution is 8.23. The van der Waals surface area contributed by atoms with Gasteiger partial charge in [-0.05, 0) is 54.1 Å². The molecule has 2 fully saturated rings. The second-order valence-electron chi connectivity index (χ2n) is 8.01. The zero-order chi connectivity index (χ0) is 24.9. The highest BCUT2D eigenvalue weighted by Gasteiger charge is 2.38. The van der Waals surface area contributed by atoms with Crippen LogP contribution in [-0.4, -0.2) is 58.4 Å². The number of thiazole rings is 2. The molecule has 2 aromatic heterocycles. The summed E-state index contributed by atoms with van der Waals surface area (Å²) in [6.07, 6.45) is 0. The number of carbonyl (C=O) groups excluding carboxylic acids is 1.